The number of carbonyl (C=O) groups excluding carboxylic acids is 1. The second kappa shape index (κ2) is 5.46. The number of anilines is 1. The highest BCUT2D eigenvalue weighted by Gasteiger charge is 2.19. The maximum absolute atomic E-state index is 12.8. The number of nitrogens with one attached hydrogen (secondary N) is 2. The Bertz CT molecular complexity index is 424. The third-order valence-corrected chi connectivity index (χ3v) is 2.68. The molecule has 17 heavy (non-hydrogen) atoms. The van der Waals surface area contributed by atoms with Crippen LogP contribution in [0.5, 0.6) is 0 Å². The normalized spacial score (nSPS) is 11.1. The van der Waals surface area contributed by atoms with Crippen LogP contribution in [0.4, 0.5) is 14.9 Å². The van der Waals surface area contributed by atoms with Gasteiger partial charge in [-0.05, 0) is 48.0 Å². The number of halogens is 2. The van der Waals surface area contributed by atoms with Crippen LogP contribution in [0.3, 0.4) is 0 Å². The van der Waals surface area contributed by atoms with E-state index >= 15 is 0 Å². The first-order valence-corrected chi connectivity index (χ1v) is 5.78. The highest BCUT2D eigenvalue weighted by Crippen LogP contribution is 2.22. The molecule has 0 atom stereocenters. The summed E-state index contributed by atoms with van der Waals surface area (Å²) in [6.07, 6.45) is 0. The zero-order chi connectivity index (χ0) is 13.1. The van der Waals surface area contributed by atoms with Gasteiger partial charge in [-0.1, -0.05) is 0 Å². The molecule has 4 nitrogen and oxygen atoms in total. The second-order valence-electron chi connectivity index (χ2n) is 4.25. The lowest BCUT2D eigenvalue weighted by atomic mass is 10.1. The molecule has 1 aromatic carbocycles. The number of amides is 2. The first kappa shape index (κ1) is 13.9. The molecule has 1 aromatic rings. The first-order chi connectivity index (χ1) is 7.84. The van der Waals surface area contributed by atoms with Gasteiger partial charge in [0, 0.05) is 4.47 Å². The minimum atomic E-state index is -0.712. The van der Waals surface area contributed by atoms with Crippen molar-refractivity contribution in [2.45, 2.75) is 19.4 Å². The molecule has 0 aliphatic rings. The topological polar surface area (TPSA) is 61.4 Å². The van der Waals surface area contributed by atoms with E-state index in [2.05, 4.69) is 26.6 Å². The van der Waals surface area contributed by atoms with E-state index in [4.69, 9.17) is 5.11 Å². The quantitative estimate of drug-likeness (QED) is 0.803. The molecular formula is C11H14BrFN2O2. The minimum Gasteiger partial charge on any atom is -0.394 e. The van der Waals surface area contributed by atoms with E-state index in [0.29, 0.717) is 10.2 Å². The van der Waals surface area contributed by atoms with Gasteiger partial charge in [-0.2, -0.15) is 0 Å². The average Bonchev–Trinajstić information content (AvgIpc) is 2.21. The molecule has 0 spiro atoms. The summed E-state index contributed by atoms with van der Waals surface area (Å²) in [6.45, 7) is 3.20. The van der Waals surface area contributed by atoms with Gasteiger partial charge in [0.15, 0.2) is 0 Å². The standard InChI is InChI=1S/C11H14BrFN2O2/c1-11(2,6-16)15-10(17)14-9-4-3-7(13)5-8(9)12/h3-5,16H,6H2,1-2H3,(H2,14,15,17). The fraction of sp³-hybridized carbons (Fsp3) is 0.364. The van der Waals surface area contributed by atoms with Crippen LogP contribution in [0.2, 0.25) is 0 Å². The molecule has 0 unspecified atom stereocenters. The van der Waals surface area contributed by atoms with Crippen molar-refractivity contribution in [3.05, 3.63) is 28.5 Å². The summed E-state index contributed by atoms with van der Waals surface area (Å²) < 4.78 is 13.3. The molecule has 0 saturated carbocycles. The van der Waals surface area contributed by atoms with Gasteiger partial charge in [0.05, 0.1) is 17.8 Å². The van der Waals surface area contributed by atoms with Gasteiger partial charge < -0.3 is 15.7 Å². The zero-order valence-electron chi connectivity index (χ0n) is 9.55. The predicted molar refractivity (Wildman–Crippen MR) is 67.4 cm³/mol. The van der Waals surface area contributed by atoms with Crippen LogP contribution < -0.4 is 10.6 Å². The van der Waals surface area contributed by atoms with E-state index in [1.54, 1.807) is 13.8 Å². The summed E-state index contributed by atoms with van der Waals surface area (Å²) in [6, 6.07) is 3.49. The maximum Gasteiger partial charge on any atom is 0.319 e. The number of hydrogen-bond acceptors (Lipinski definition) is 2. The fourth-order valence-corrected chi connectivity index (χ4v) is 1.54. The maximum atomic E-state index is 12.8. The molecule has 3 N–H and O–H groups in total. The molecule has 2 amide bonds. The highest BCUT2D eigenvalue weighted by molar-refractivity contribution is 9.10. The van der Waals surface area contributed by atoms with Gasteiger partial charge in [-0.25, -0.2) is 9.18 Å². The SMILES string of the molecule is CC(C)(CO)NC(=O)Nc1ccc(F)cc1Br. The Labute approximate surface area is 107 Å². The molecule has 0 aliphatic carbocycles. The lowest BCUT2D eigenvalue weighted by Crippen LogP contribution is -2.48. The lowest BCUT2D eigenvalue weighted by molar-refractivity contribution is 0.187. The Balaban J connectivity index is 2.69. The van der Waals surface area contributed by atoms with Gasteiger partial charge in [-0.3, -0.25) is 0 Å². The monoisotopic (exact) mass is 304 g/mol. The van der Waals surface area contributed by atoms with Crippen molar-refractivity contribution in [3.8, 4) is 0 Å². The Morgan fingerprint density at radius 3 is 2.71 bits per heavy atom. The third kappa shape index (κ3) is 4.32. The van der Waals surface area contributed by atoms with Gasteiger partial charge >= 0.3 is 6.03 Å². The van der Waals surface area contributed by atoms with Crippen LogP contribution in [0, 0.1) is 5.82 Å². The number of carbonyl (C=O) groups is 1. The molecule has 0 aliphatic heterocycles. The molecule has 0 heterocycles. The molecule has 0 fully saturated rings. The van der Waals surface area contributed by atoms with Crippen molar-refractivity contribution in [2.75, 3.05) is 11.9 Å². The van der Waals surface area contributed by atoms with Crippen LogP contribution in [-0.2, 0) is 0 Å². The summed E-state index contributed by atoms with van der Waals surface area (Å²) in [5, 5.41) is 14.1. The number of benzene rings is 1. The van der Waals surface area contributed by atoms with Crippen LogP contribution >= 0.6 is 15.9 Å². The van der Waals surface area contributed by atoms with Gasteiger partial charge in [0.2, 0.25) is 0 Å². The average molecular weight is 305 g/mol. The van der Waals surface area contributed by atoms with Gasteiger partial charge in [0.1, 0.15) is 5.82 Å². The molecule has 6 heteroatoms. The minimum absolute atomic E-state index is 0.176. The molecule has 1 rings (SSSR count). The second-order valence-corrected chi connectivity index (χ2v) is 5.10. The summed E-state index contributed by atoms with van der Waals surface area (Å²) in [4.78, 5) is 11.6. The zero-order valence-corrected chi connectivity index (χ0v) is 11.1. The lowest BCUT2D eigenvalue weighted by Gasteiger charge is -2.23. The van der Waals surface area contributed by atoms with E-state index in [9.17, 15) is 9.18 Å². The van der Waals surface area contributed by atoms with Crippen molar-refractivity contribution in [2.24, 2.45) is 0 Å². The summed E-state index contributed by atoms with van der Waals surface area (Å²) in [5.41, 5.74) is -0.256. The smallest absolute Gasteiger partial charge is 0.319 e. The van der Waals surface area contributed by atoms with Gasteiger partial charge in [0.25, 0.3) is 0 Å². The van der Waals surface area contributed by atoms with E-state index in [1.807, 2.05) is 0 Å². The molecule has 0 aromatic heterocycles. The van der Waals surface area contributed by atoms with E-state index in [0.717, 1.165) is 0 Å². The molecule has 0 saturated heterocycles. The number of aliphatic hydroxyl groups excluding tert-OH is 1. The summed E-state index contributed by atoms with van der Waals surface area (Å²) >= 11 is 3.14. The van der Waals surface area contributed by atoms with Crippen molar-refractivity contribution >= 4 is 27.6 Å². The Morgan fingerprint density at radius 2 is 2.18 bits per heavy atom. The predicted octanol–water partition coefficient (Wildman–Crippen LogP) is 2.48. The first-order valence-electron chi connectivity index (χ1n) is 4.99. The molecule has 94 valence electrons. The summed E-state index contributed by atoms with van der Waals surface area (Å²) in [5.74, 6) is -0.390. The largest absolute Gasteiger partial charge is 0.394 e. The Morgan fingerprint density at radius 1 is 1.53 bits per heavy atom. The van der Waals surface area contributed by atoms with Crippen LogP contribution in [0.25, 0.3) is 0 Å². The van der Waals surface area contributed by atoms with Crippen molar-refractivity contribution < 1.29 is 14.3 Å². The molecule has 0 radical (unpaired) electrons. The molecule has 0 bridgehead atoms. The third-order valence-electron chi connectivity index (χ3n) is 2.03. The number of urea groups is 1. The van der Waals surface area contributed by atoms with Crippen LogP contribution in [0.1, 0.15) is 13.8 Å². The van der Waals surface area contributed by atoms with Crippen molar-refractivity contribution in [1.29, 1.82) is 0 Å². The highest BCUT2D eigenvalue weighted by atomic mass is 79.9. The molecular weight excluding hydrogens is 291 g/mol. The number of rotatable bonds is 3. The van der Waals surface area contributed by atoms with Crippen molar-refractivity contribution in [3.63, 3.8) is 0 Å². The van der Waals surface area contributed by atoms with Gasteiger partial charge in [-0.15, -0.1) is 0 Å². The number of aliphatic hydroxyl groups is 1. The van der Waals surface area contributed by atoms with E-state index in [1.165, 1.54) is 18.2 Å². The van der Waals surface area contributed by atoms with E-state index in [-0.39, 0.29) is 6.61 Å². The Hall–Kier alpha value is -1.14. The Kier molecular flexibility index (Phi) is 4.47. The van der Waals surface area contributed by atoms with Crippen LogP contribution in [0.15, 0.2) is 22.7 Å². The fourth-order valence-electron chi connectivity index (χ4n) is 1.09. The van der Waals surface area contributed by atoms with E-state index < -0.39 is 17.4 Å². The van der Waals surface area contributed by atoms with Crippen LogP contribution in [-0.4, -0.2) is 23.3 Å². The summed E-state index contributed by atoms with van der Waals surface area (Å²) in [7, 11) is 0. The van der Waals surface area contributed by atoms with Crippen molar-refractivity contribution in [1.82, 2.24) is 5.32 Å². The number of hydrogen-bond donors (Lipinski definition) is 3.